The van der Waals surface area contributed by atoms with Crippen molar-refractivity contribution in [1.82, 2.24) is 5.32 Å². The lowest BCUT2D eigenvalue weighted by molar-refractivity contribution is -0.158. The molecule has 6 nitrogen and oxygen atoms in total. The molecule has 2 atom stereocenters. The molecule has 0 bridgehead atoms. The van der Waals surface area contributed by atoms with Crippen LogP contribution in [0.5, 0.6) is 0 Å². The molecule has 6 heteroatoms. The number of ether oxygens (including phenoxy) is 1. The van der Waals surface area contributed by atoms with Gasteiger partial charge in [-0.15, -0.1) is 0 Å². The molecule has 0 saturated heterocycles. The molecule has 1 amide bonds. The lowest BCUT2D eigenvalue weighted by Crippen LogP contribution is -2.45. The zero-order chi connectivity index (χ0) is 15.9. The number of carbonyl (C=O) groups is 3. The maximum absolute atomic E-state index is 11.8. The van der Waals surface area contributed by atoms with Crippen LogP contribution >= 0.6 is 0 Å². The van der Waals surface area contributed by atoms with Crippen LogP contribution in [0.15, 0.2) is 0 Å². The molecule has 0 aliphatic heterocycles. The molecular formula is C14H25NO5. The van der Waals surface area contributed by atoms with E-state index in [1.165, 1.54) is 0 Å². The third-order valence-corrected chi connectivity index (χ3v) is 2.57. The Hall–Kier alpha value is -1.59. The average molecular weight is 287 g/mol. The van der Waals surface area contributed by atoms with E-state index in [2.05, 4.69) is 5.32 Å². The standard InChI is InChI=1S/C14H25NO5/c1-6-7-9(2)12(17)15-10(13(18)19)8-11(16)20-14(3,4)5/h9-10H,6-8H2,1-5H3,(H,15,17)(H,18,19)/t9?,10-/m0/s1. The van der Waals surface area contributed by atoms with E-state index in [4.69, 9.17) is 9.84 Å². The zero-order valence-electron chi connectivity index (χ0n) is 12.9. The minimum absolute atomic E-state index is 0.277. The number of carbonyl (C=O) groups excluding carboxylic acids is 2. The Morgan fingerprint density at radius 1 is 1.25 bits per heavy atom. The van der Waals surface area contributed by atoms with E-state index in [9.17, 15) is 14.4 Å². The fourth-order valence-electron chi connectivity index (χ4n) is 1.63. The molecule has 0 saturated carbocycles. The van der Waals surface area contributed by atoms with Gasteiger partial charge in [0.15, 0.2) is 0 Å². The number of esters is 1. The van der Waals surface area contributed by atoms with Crippen LogP contribution in [-0.4, -0.2) is 34.6 Å². The van der Waals surface area contributed by atoms with E-state index >= 15 is 0 Å². The van der Waals surface area contributed by atoms with Crippen molar-refractivity contribution in [1.29, 1.82) is 0 Å². The summed E-state index contributed by atoms with van der Waals surface area (Å²) in [6, 6.07) is -1.25. The maximum atomic E-state index is 11.8. The first-order valence-electron chi connectivity index (χ1n) is 6.81. The van der Waals surface area contributed by atoms with Crippen molar-refractivity contribution in [2.45, 2.75) is 65.5 Å². The van der Waals surface area contributed by atoms with Crippen LogP contribution in [0.3, 0.4) is 0 Å². The number of aliphatic carboxylic acids is 1. The maximum Gasteiger partial charge on any atom is 0.326 e. The SMILES string of the molecule is CCCC(C)C(=O)N[C@@H](CC(=O)OC(C)(C)C)C(=O)O. The highest BCUT2D eigenvalue weighted by molar-refractivity contribution is 5.88. The molecule has 0 fully saturated rings. The highest BCUT2D eigenvalue weighted by Crippen LogP contribution is 2.10. The van der Waals surface area contributed by atoms with Gasteiger partial charge in [-0.2, -0.15) is 0 Å². The molecule has 116 valence electrons. The van der Waals surface area contributed by atoms with Gasteiger partial charge in [-0.05, 0) is 27.2 Å². The highest BCUT2D eigenvalue weighted by Gasteiger charge is 2.27. The molecule has 0 aromatic rings. The second-order valence-corrected chi connectivity index (χ2v) is 5.88. The smallest absolute Gasteiger partial charge is 0.326 e. The number of hydrogen-bond donors (Lipinski definition) is 2. The fourth-order valence-corrected chi connectivity index (χ4v) is 1.63. The minimum atomic E-state index is -1.25. The molecule has 0 aliphatic rings. The van der Waals surface area contributed by atoms with Crippen molar-refractivity contribution in [3.63, 3.8) is 0 Å². The Labute approximate surface area is 119 Å². The lowest BCUT2D eigenvalue weighted by atomic mass is 10.0. The molecule has 0 aromatic heterocycles. The number of rotatable bonds is 7. The molecule has 0 rings (SSSR count). The monoisotopic (exact) mass is 287 g/mol. The van der Waals surface area contributed by atoms with E-state index in [-0.39, 0.29) is 18.2 Å². The number of carboxylic acids is 1. The Morgan fingerprint density at radius 3 is 2.20 bits per heavy atom. The summed E-state index contributed by atoms with van der Waals surface area (Å²) in [5, 5.41) is 11.4. The van der Waals surface area contributed by atoms with Crippen molar-refractivity contribution < 1.29 is 24.2 Å². The van der Waals surface area contributed by atoms with Gasteiger partial charge >= 0.3 is 11.9 Å². The topological polar surface area (TPSA) is 92.7 Å². The van der Waals surface area contributed by atoms with E-state index in [0.717, 1.165) is 6.42 Å². The molecule has 0 spiro atoms. The van der Waals surface area contributed by atoms with Gasteiger partial charge in [0.1, 0.15) is 11.6 Å². The predicted molar refractivity (Wildman–Crippen MR) is 74.1 cm³/mol. The Morgan fingerprint density at radius 2 is 1.80 bits per heavy atom. The van der Waals surface area contributed by atoms with Crippen LogP contribution in [0.2, 0.25) is 0 Å². The number of amides is 1. The summed E-state index contributed by atoms with van der Waals surface area (Å²) in [6.07, 6.45) is 1.13. The lowest BCUT2D eigenvalue weighted by Gasteiger charge is -2.22. The predicted octanol–water partition coefficient (Wildman–Crippen LogP) is 1.72. The Bertz CT molecular complexity index is 359. The summed E-state index contributed by atoms with van der Waals surface area (Å²) in [5.41, 5.74) is -0.681. The van der Waals surface area contributed by atoms with Crippen LogP contribution in [0.1, 0.15) is 53.9 Å². The molecule has 0 radical (unpaired) electrons. The van der Waals surface area contributed by atoms with Gasteiger partial charge in [-0.3, -0.25) is 9.59 Å². The summed E-state index contributed by atoms with van der Waals surface area (Å²) in [6.45, 7) is 8.76. The van der Waals surface area contributed by atoms with Crippen molar-refractivity contribution in [2.75, 3.05) is 0 Å². The number of nitrogens with one attached hydrogen (secondary N) is 1. The van der Waals surface area contributed by atoms with Gasteiger partial charge in [0, 0.05) is 5.92 Å². The quantitative estimate of drug-likeness (QED) is 0.695. The minimum Gasteiger partial charge on any atom is -0.480 e. The van der Waals surface area contributed by atoms with Gasteiger partial charge in [0.2, 0.25) is 5.91 Å². The second kappa shape index (κ2) is 7.87. The number of hydrogen-bond acceptors (Lipinski definition) is 4. The van der Waals surface area contributed by atoms with E-state index in [1.807, 2.05) is 6.92 Å². The van der Waals surface area contributed by atoms with Crippen LogP contribution in [0, 0.1) is 5.92 Å². The Balaban J connectivity index is 4.56. The fraction of sp³-hybridized carbons (Fsp3) is 0.786. The van der Waals surface area contributed by atoms with Crippen molar-refractivity contribution in [2.24, 2.45) is 5.92 Å². The first-order valence-corrected chi connectivity index (χ1v) is 6.81. The third-order valence-electron chi connectivity index (χ3n) is 2.57. The first kappa shape index (κ1) is 18.4. The average Bonchev–Trinajstić information content (AvgIpc) is 2.25. The molecule has 0 aliphatic carbocycles. The molecule has 0 aromatic carbocycles. The van der Waals surface area contributed by atoms with Gasteiger partial charge in [0.05, 0.1) is 6.42 Å². The molecular weight excluding hydrogens is 262 g/mol. The summed E-state index contributed by atoms with van der Waals surface area (Å²) in [7, 11) is 0. The van der Waals surface area contributed by atoms with Gasteiger partial charge < -0.3 is 15.2 Å². The molecule has 1 unspecified atom stereocenters. The summed E-state index contributed by atoms with van der Waals surface area (Å²) >= 11 is 0. The van der Waals surface area contributed by atoms with Crippen LogP contribution in [0.25, 0.3) is 0 Å². The molecule has 20 heavy (non-hydrogen) atoms. The zero-order valence-corrected chi connectivity index (χ0v) is 12.9. The molecule has 0 heterocycles. The van der Waals surface area contributed by atoms with E-state index in [1.54, 1.807) is 27.7 Å². The van der Waals surface area contributed by atoms with Crippen molar-refractivity contribution >= 4 is 17.8 Å². The number of carboxylic acid groups (broad SMARTS) is 1. The van der Waals surface area contributed by atoms with Gasteiger partial charge in [0.25, 0.3) is 0 Å². The summed E-state index contributed by atoms with van der Waals surface area (Å²) in [5.74, 6) is -2.52. The van der Waals surface area contributed by atoms with Crippen molar-refractivity contribution in [3.05, 3.63) is 0 Å². The van der Waals surface area contributed by atoms with E-state index in [0.29, 0.717) is 6.42 Å². The van der Waals surface area contributed by atoms with Gasteiger partial charge in [-0.1, -0.05) is 20.3 Å². The van der Waals surface area contributed by atoms with Crippen molar-refractivity contribution in [3.8, 4) is 0 Å². The molecule has 2 N–H and O–H groups in total. The largest absolute Gasteiger partial charge is 0.480 e. The Kier molecular flexibility index (Phi) is 7.24. The summed E-state index contributed by atoms with van der Waals surface area (Å²) < 4.78 is 5.05. The second-order valence-electron chi connectivity index (χ2n) is 5.88. The third kappa shape index (κ3) is 7.76. The first-order chi connectivity index (χ1) is 9.06. The van der Waals surface area contributed by atoms with Crippen LogP contribution in [-0.2, 0) is 19.1 Å². The normalized spacial score (nSPS) is 14.2. The van der Waals surface area contributed by atoms with E-state index < -0.39 is 23.6 Å². The van der Waals surface area contributed by atoms with Crippen LogP contribution < -0.4 is 5.32 Å². The van der Waals surface area contributed by atoms with Gasteiger partial charge in [-0.25, -0.2) is 4.79 Å². The van der Waals surface area contributed by atoms with Crippen LogP contribution in [0.4, 0.5) is 0 Å². The highest BCUT2D eigenvalue weighted by atomic mass is 16.6. The summed E-state index contributed by atoms with van der Waals surface area (Å²) in [4.78, 5) is 34.5.